The molecule has 1 saturated heterocycles. The van der Waals surface area contributed by atoms with Crippen LogP contribution in [0.2, 0.25) is 0 Å². The van der Waals surface area contributed by atoms with Gasteiger partial charge in [0.25, 0.3) is 0 Å². The van der Waals surface area contributed by atoms with Crippen molar-refractivity contribution in [3.05, 3.63) is 35.4 Å². The molecular weight excluding hydrogens is 688 g/mol. The zero-order chi connectivity index (χ0) is 39.4. The summed E-state index contributed by atoms with van der Waals surface area (Å²) in [5.41, 5.74) is 2.75. The van der Waals surface area contributed by atoms with E-state index in [1.54, 1.807) is 9.80 Å². The average molecular weight is 759 g/mol. The van der Waals surface area contributed by atoms with Crippen molar-refractivity contribution in [2.75, 3.05) is 85.1 Å². The molecule has 1 aromatic rings. The average Bonchev–Trinajstić information content (AvgIpc) is 3.11. The van der Waals surface area contributed by atoms with Crippen molar-refractivity contribution in [2.45, 2.75) is 110 Å². The highest BCUT2D eigenvalue weighted by Gasteiger charge is 2.20. The molecule has 0 saturated carbocycles. The number of amides is 2. The van der Waals surface area contributed by atoms with Gasteiger partial charge in [-0.2, -0.15) is 0 Å². The zero-order valence-electron chi connectivity index (χ0n) is 33.3. The third-order valence-electron chi connectivity index (χ3n) is 10.1. The minimum Gasteiger partial charge on any atom is -0.480 e. The van der Waals surface area contributed by atoms with E-state index in [0.29, 0.717) is 65.3 Å². The Morgan fingerprint density at radius 3 is 1.65 bits per heavy atom. The van der Waals surface area contributed by atoms with Crippen LogP contribution in [-0.2, 0) is 30.4 Å². The van der Waals surface area contributed by atoms with Gasteiger partial charge in [0.2, 0.25) is 11.8 Å². The summed E-state index contributed by atoms with van der Waals surface area (Å²) in [5, 5.41) is 24.8. The Bertz CT molecular complexity index is 1220. The van der Waals surface area contributed by atoms with E-state index in [9.17, 15) is 34.2 Å². The molecule has 4 N–H and O–H groups in total. The standard InChI is InChI=1S/C41H70N6O7/c1-35-17-19-37(20-18-35)15-10-8-6-4-3-5-7-9-11-16-38(49)43-36(2)14-12-13-21-42-39(50)32-45-24-22-44(30-31-48)23-25-46(33-40(51)52)28-29-47(27-26-45)34-41(53)54/h17-20,31,36H,3-16,21-30,32-34H2,1-2H3,(H,42,50)(H,43,49)(H,51,52)(H,53,54). The molecule has 1 unspecified atom stereocenters. The van der Waals surface area contributed by atoms with Gasteiger partial charge < -0.3 is 25.6 Å². The van der Waals surface area contributed by atoms with Crippen LogP contribution in [0, 0.1) is 6.92 Å². The van der Waals surface area contributed by atoms with Crippen molar-refractivity contribution < 1.29 is 34.2 Å². The lowest BCUT2D eigenvalue weighted by molar-refractivity contribution is -0.140. The van der Waals surface area contributed by atoms with Crippen molar-refractivity contribution in [1.82, 2.24) is 30.2 Å². The normalized spacial score (nSPS) is 16.2. The molecule has 1 heterocycles. The molecule has 0 radical (unpaired) electrons. The van der Waals surface area contributed by atoms with Gasteiger partial charge in [-0.15, -0.1) is 0 Å². The number of aldehydes is 1. The Balaban J connectivity index is 1.57. The summed E-state index contributed by atoms with van der Waals surface area (Å²) < 4.78 is 0. The van der Waals surface area contributed by atoms with Crippen molar-refractivity contribution >= 4 is 30.0 Å². The van der Waals surface area contributed by atoms with Crippen LogP contribution >= 0.6 is 0 Å². The highest BCUT2D eigenvalue weighted by molar-refractivity contribution is 5.78. The Morgan fingerprint density at radius 1 is 0.648 bits per heavy atom. The summed E-state index contributed by atoms with van der Waals surface area (Å²) in [6, 6.07) is 8.95. The topological polar surface area (TPSA) is 163 Å². The fourth-order valence-corrected chi connectivity index (χ4v) is 6.81. The van der Waals surface area contributed by atoms with E-state index in [-0.39, 0.29) is 44.0 Å². The fourth-order valence-electron chi connectivity index (χ4n) is 6.81. The van der Waals surface area contributed by atoms with E-state index >= 15 is 0 Å². The van der Waals surface area contributed by atoms with Crippen LogP contribution in [-0.4, -0.2) is 151 Å². The van der Waals surface area contributed by atoms with Crippen LogP contribution in [0.3, 0.4) is 0 Å². The van der Waals surface area contributed by atoms with Gasteiger partial charge in [0.15, 0.2) is 0 Å². The Kier molecular flexibility index (Phi) is 25.1. The molecule has 0 aliphatic carbocycles. The molecule has 13 nitrogen and oxygen atoms in total. The van der Waals surface area contributed by atoms with Crippen molar-refractivity contribution in [2.24, 2.45) is 0 Å². The number of unbranched alkanes of at least 4 members (excludes halogenated alkanes) is 9. The monoisotopic (exact) mass is 759 g/mol. The number of rotatable bonds is 26. The third-order valence-corrected chi connectivity index (χ3v) is 10.1. The summed E-state index contributed by atoms with van der Waals surface area (Å²) >= 11 is 0. The predicted molar refractivity (Wildman–Crippen MR) is 213 cm³/mol. The maximum Gasteiger partial charge on any atom is 0.317 e. The molecular formula is C41H70N6O7. The van der Waals surface area contributed by atoms with Crippen LogP contribution < -0.4 is 10.6 Å². The molecule has 1 atom stereocenters. The molecule has 13 heteroatoms. The number of carboxylic acids is 2. The Morgan fingerprint density at radius 2 is 1.13 bits per heavy atom. The van der Waals surface area contributed by atoms with Gasteiger partial charge in [0.05, 0.1) is 26.2 Å². The number of aliphatic carboxylic acids is 2. The maximum atomic E-state index is 12.9. The molecule has 54 heavy (non-hydrogen) atoms. The Labute approximate surface area is 324 Å². The largest absolute Gasteiger partial charge is 0.480 e. The van der Waals surface area contributed by atoms with Crippen LogP contribution in [0.5, 0.6) is 0 Å². The SMILES string of the molecule is Cc1ccc(CCCCCCCCCCCC(=O)NC(C)CCCCNC(=O)CN2CCN(CC=O)CCN(CC(=O)O)CCN(CC(=O)O)CC2)cc1. The van der Waals surface area contributed by atoms with Crippen molar-refractivity contribution in [3.8, 4) is 0 Å². The van der Waals surface area contributed by atoms with E-state index in [1.807, 2.05) is 16.7 Å². The van der Waals surface area contributed by atoms with Gasteiger partial charge in [-0.25, -0.2) is 0 Å². The summed E-state index contributed by atoms with van der Waals surface area (Å²) in [7, 11) is 0. The highest BCUT2D eigenvalue weighted by atomic mass is 16.4. The second-order valence-corrected chi connectivity index (χ2v) is 15.1. The lowest BCUT2D eigenvalue weighted by Gasteiger charge is -2.32. The summed E-state index contributed by atoms with van der Waals surface area (Å²) in [6.45, 7) is 8.29. The van der Waals surface area contributed by atoms with E-state index in [4.69, 9.17) is 0 Å². The number of carboxylic acid groups (broad SMARTS) is 2. The Hall–Kier alpha value is -3.39. The van der Waals surface area contributed by atoms with Gasteiger partial charge in [-0.1, -0.05) is 74.8 Å². The van der Waals surface area contributed by atoms with Gasteiger partial charge in [0.1, 0.15) is 6.29 Å². The van der Waals surface area contributed by atoms with E-state index in [0.717, 1.165) is 38.4 Å². The molecule has 0 spiro atoms. The molecule has 0 aromatic heterocycles. The first kappa shape index (κ1) is 46.8. The van der Waals surface area contributed by atoms with E-state index in [1.165, 1.54) is 62.5 Å². The minimum absolute atomic E-state index is 0.0841. The number of hydrogen-bond donors (Lipinski definition) is 4. The number of hydrogen-bond acceptors (Lipinski definition) is 9. The zero-order valence-corrected chi connectivity index (χ0v) is 33.3. The summed E-state index contributed by atoms with van der Waals surface area (Å²) in [5.74, 6) is -1.92. The second-order valence-electron chi connectivity index (χ2n) is 15.1. The van der Waals surface area contributed by atoms with E-state index in [2.05, 4.69) is 41.8 Å². The number of carbonyl (C=O) groups is 5. The van der Waals surface area contributed by atoms with Crippen LogP contribution in [0.4, 0.5) is 0 Å². The van der Waals surface area contributed by atoms with E-state index < -0.39 is 11.9 Å². The molecule has 2 amide bonds. The first-order valence-corrected chi connectivity index (χ1v) is 20.4. The molecule has 306 valence electrons. The first-order valence-electron chi connectivity index (χ1n) is 20.4. The number of nitrogens with zero attached hydrogens (tertiary/aromatic N) is 4. The smallest absolute Gasteiger partial charge is 0.317 e. The maximum absolute atomic E-state index is 12.9. The number of nitrogens with one attached hydrogen (secondary N) is 2. The van der Waals surface area contributed by atoms with Crippen LogP contribution in [0.15, 0.2) is 24.3 Å². The van der Waals surface area contributed by atoms with Gasteiger partial charge in [-0.05, 0) is 57.9 Å². The van der Waals surface area contributed by atoms with Gasteiger partial charge in [0, 0.05) is 71.4 Å². The quantitative estimate of drug-likeness (QED) is 0.0803. The van der Waals surface area contributed by atoms with Crippen molar-refractivity contribution in [1.29, 1.82) is 0 Å². The van der Waals surface area contributed by atoms with Gasteiger partial charge >= 0.3 is 11.9 Å². The van der Waals surface area contributed by atoms with Crippen LogP contribution in [0.1, 0.15) is 102 Å². The van der Waals surface area contributed by atoms with Crippen LogP contribution in [0.25, 0.3) is 0 Å². The predicted octanol–water partition coefficient (Wildman–Crippen LogP) is 3.82. The molecule has 1 aliphatic heterocycles. The summed E-state index contributed by atoms with van der Waals surface area (Å²) in [6.07, 6.45) is 16.0. The number of carbonyl (C=O) groups excluding carboxylic acids is 3. The molecule has 1 aromatic carbocycles. The molecule has 1 fully saturated rings. The number of aryl methyl sites for hydroxylation is 2. The number of benzene rings is 1. The lowest BCUT2D eigenvalue weighted by Crippen LogP contribution is -2.49. The molecule has 1 aliphatic rings. The van der Waals surface area contributed by atoms with Gasteiger partial charge in [-0.3, -0.25) is 38.8 Å². The first-order chi connectivity index (χ1) is 26.0. The molecule has 2 rings (SSSR count). The fraction of sp³-hybridized carbons (Fsp3) is 0.732. The summed E-state index contributed by atoms with van der Waals surface area (Å²) in [4.78, 5) is 66.9. The highest BCUT2D eigenvalue weighted by Crippen LogP contribution is 2.13. The third kappa shape index (κ3) is 24.1. The second kappa shape index (κ2) is 29.0. The molecule has 0 bridgehead atoms. The minimum atomic E-state index is -0.963. The lowest BCUT2D eigenvalue weighted by atomic mass is 10.0. The van der Waals surface area contributed by atoms with Crippen molar-refractivity contribution in [3.63, 3.8) is 0 Å².